The molecule has 1 aromatic heterocycles. The fourth-order valence-electron chi connectivity index (χ4n) is 2.36. The van der Waals surface area contributed by atoms with E-state index in [0.717, 1.165) is 0 Å². The van der Waals surface area contributed by atoms with Gasteiger partial charge in [-0.15, -0.1) is 0 Å². The lowest BCUT2D eigenvalue weighted by molar-refractivity contribution is -0.123. The Balaban J connectivity index is 1.54. The summed E-state index contributed by atoms with van der Waals surface area (Å²) in [7, 11) is 1.58. The van der Waals surface area contributed by atoms with Gasteiger partial charge in [-0.1, -0.05) is 12.1 Å². The molecule has 0 bridgehead atoms. The maximum absolute atomic E-state index is 13.3. The van der Waals surface area contributed by atoms with Crippen LogP contribution in [0, 0.1) is 5.82 Å². The summed E-state index contributed by atoms with van der Waals surface area (Å²) in [5.74, 6) is 1.19. The van der Waals surface area contributed by atoms with Crippen LogP contribution in [0.25, 0.3) is 0 Å². The van der Waals surface area contributed by atoms with Gasteiger partial charge in [0.1, 0.15) is 23.1 Å². The molecule has 144 valence electrons. The summed E-state index contributed by atoms with van der Waals surface area (Å²) in [5, 5.41) is 2.75. The van der Waals surface area contributed by atoms with Crippen molar-refractivity contribution in [2.75, 3.05) is 13.7 Å². The van der Waals surface area contributed by atoms with Crippen molar-refractivity contribution in [2.45, 2.75) is 6.54 Å². The number of hydrogen-bond acceptors (Lipinski definition) is 5. The van der Waals surface area contributed by atoms with Gasteiger partial charge in [-0.2, -0.15) is 0 Å². The van der Waals surface area contributed by atoms with Crippen molar-refractivity contribution in [2.24, 2.45) is 0 Å². The van der Waals surface area contributed by atoms with Crippen molar-refractivity contribution in [1.29, 1.82) is 0 Å². The zero-order chi connectivity index (χ0) is 19.8. The minimum absolute atomic E-state index is 0.132. The van der Waals surface area contributed by atoms with Gasteiger partial charge in [0.15, 0.2) is 6.61 Å². The van der Waals surface area contributed by atoms with E-state index in [2.05, 4.69) is 10.3 Å². The molecule has 28 heavy (non-hydrogen) atoms. The summed E-state index contributed by atoms with van der Waals surface area (Å²) >= 11 is 0. The molecule has 0 saturated heterocycles. The number of ether oxygens (including phenoxy) is 3. The van der Waals surface area contributed by atoms with Gasteiger partial charge in [-0.25, -0.2) is 9.37 Å². The lowest BCUT2D eigenvalue weighted by Crippen LogP contribution is -2.28. The summed E-state index contributed by atoms with van der Waals surface area (Å²) in [4.78, 5) is 16.2. The summed E-state index contributed by atoms with van der Waals surface area (Å²) in [6.07, 6.45) is 1.56. The fraction of sp³-hybridized carbons (Fsp3) is 0.143. The van der Waals surface area contributed by atoms with Gasteiger partial charge in [0.05, 0.1) is 7.11 Å². The second kappa shape index (κ2) is 9.36. The molecule has 0 aliphatic rings. The standard InChI is InChI=1S/C21H19FN2O4/c1-26-17-7-9-18(10-8-17)27-14-20(25)24-13-15-4-3-11-23-21(15)28-19-6-2-5-16(22)12-19/h2-12H,13-14H2,1H3,(H,24,25). The first-order chi connectivity index (χ1) is 13.6. The number of nitrogens with one attached hydrogen (secondary N) is 1. The molecule has 0 radical (unpaired) electrons. The molecule has 0 aliphatic carbocycles. The van der Waals surface area contributed by atoms with Crippen molar-refractivity contribution in [3.8, 4) is 23.1 Å². The van der Waals surface area contributed by atoms with E-state index in [1.807, 2.05) is 0 Å². The van der Waals surface area contributed by atoms with Crippen LogP contribution in [0.3, 0.4) is 0 Å². The molecule has 0 saturated carbocycles. The molecule has 7 heteroatoms. The van der Waals surface area contributed by atoms with Crippen molar-refractivity contribution < 1.29 is 23.4 Å². The van der Waals surface area contributed by atoms with Crippen LogP contribution < -0.4 is 19.5 Å². The Labute approximate surface area is 161 Å². The summed E-state index contributed by atoms with van der Waals surface area (Å²) in [6, 6.07) is 16.2. The smallest absolute Gasteiger partial charge is 0.258 e. The van der Waals surface area contributed by atoms with E-state index in [9.17, 15) is 9.18 Å². The Morgan fingerprint density at radius 2 is 1.82 bits per heavy atom. The third kappa shape index (κ3) is 5.44. The Hall–Kier alpha value is -3.61. The average molecular weight is 382 g/mol. The quantitative estimate of drug-likeness (QED) is 0.643. The number of benzene rings is 2. The highest BCUT2D eigenvalue weighted by molar-refractivity contribution is 5.77. The molecule has 0 atom stereocenters. The third-order valence-corrected chi connectivity index (χ3v) is 3.77. The Morgan fingerprint density at radius 3 is 2.57 bits per heavy atom. The second-order valence-electron chi connectivity index (χ2n) is 5.77. The van der Waals surface area contributed by atoms with Gasteiger partial charge in [0, 0.05) is 24.4 Å². The molecule has 0 fully saturated rings. The molecular weight excluding hydrogens is 363 g/mol. The normalized spacial score (nSPS) is 10.2. The molecule has 3 rings (SSSR count). The number of halogens is 1. The third-order valence-electron chi connectivity index (χ3n) is 3.77. The summed E-state index contributed by atoms with van der Waals surface area (Å²) in [5.41, 5.74) is 0.657. The summed E-state index contributed by atoms with van der Waals surface area (Å²) in [6.45, 7) is 0.0654. The number of carbonyl (C=O) groups is 1. The average Bonchev–Trinajstić information content (AvgIpc) is 2.72. The molecule has 1 amide bonds. The van der Waals surface area contributed by atoms with Crippen LogP contribution in [-0.4, -0.2) is 24.6 Å². The van der Waals surface area contributed by atoms with Crippen LogP contribution in [0.4, 0.5) is 4.39 Å². The highest BCUT2D eigenvalue weighted by Gasteiger charge is 2.09. The van der Waals surface area contributed by atoms with E-state index in [-0.39, 0.29) is 19.1 Å². The Morgan fingerprint density at radius 1 is 1.04 bits per heavy atom. The molecule has 2 aromatic carbocycles. The molecule has 6 nitrogen and oxygen atoms in total. The number of hydrogen-bond donors (Lipinski definition) is 1. The van der Waals surface area contributed by atoms with Crippen molar-refractivity contribution in [3.05, 3.63) is 78.2 Å². The molecule has 1 heterocycles. The van der Waals surface area contributed by atoms with Gasteiger partial charge < -0.3 is 19.5 Å². The van der Waals surface area contributed by atoms with E-state index in [0.29, 0.717) is 28.7 Å². The van der Waals surface area contributed by atoms with Crippen LogP contribution in [0.5, 0.6) is 23.1 Å². The molecule has 0 aliphatic heterocycles. The van der Waals surface area contributed by atoms with Crippen molar-refractivity contribution in [1.82, 2.24) is 10.3 Å². The van der Waals surface area contributed by atoms with Crippen molar-refractivity contribution in [3.63, 3.8) is 0 Å². The number of methoxy groups -OCH3 is 1. The first-order valence-electron chi connectivity index (χ1n) is 8.55. The number of pyridine rings is 1. The lowest BCUT2D eigenvalue weighted by Gasteiger charge is -2.11. The zero-order valence-electron chi connectivity index (χ0n) is 15.2. The van der Waals surface area contributed by atoms with Gasteiger partial charge >= 0.3 is 0 Å². The zero-order valence-corrected chi connectivity index (χ0v) is 15.2. The summed E-state index contributed by atoms with van der Waals surface area (Å²) < 4.78 is 29.4. The highest BCUT2D eigenvalue weighted by atomic mass is 19.1. The topological polar surface area (TPSA) is 69.7 Å². The minimum atomic E-state index is -0.404. The van der Waals surface area contributed by atoms with Crippen molar-refractivity contribution >= 4 is 5.91 Å². The van der Waals surface area contributed by atoms with Crippen LogP contribution in [0.2, 0.25) is 0 Å². The van der Waals surface area contributed by atoms with E-state index < -0.39 is 5.82 Å². The number of amides is 1. The van der Waals surface area contributed by atoms with Crippen LogP contribution in [0.15, 0.2) is 66.9 Å². The van der Waals surface area contributed by atoms with E-state index in [4.69, 9.17) is 14.2 Å². The number of aromatic nitrogens is 1. The van der Waals surface area contributed by atoms with E-state index in [1.165, 1.54) is 12.1 Å². The second-order valence-corrected chi connectivity index (χ2v) is 5.77. The van der Waals surface area contributed by atoms with Crippen LogP contribution in [0.1, 0.15) is 5.56 Å². The van der Waals surface area contributed by atoms with Gasteiger partial charge in [-0.05, 0) is 42.5 Å². The predicted octanol–water partition coefficient (Wildman–Crippen LogP) is 3.72. The fourth-order valence-corrected chi connectivity index (χ4v) is 2.36. The largest absolute Gasteiger partial charge is 0.497 e. The number of nitrogens with zero attached hydrogens (tertiary/aromatic N) is 1. The molecular formula is C21H19FN2O4. The molecule has 3 aromatic rings. The number of rotatable bonds is 8. The first-order valence-corrected chi connectivity index (χ1v) is 8.55. The molecule has 0 unspecified atom stereocenters. The predicted molar refractivity (Wildman–Crippen MR) is 101 cm³/mol. The maximum atomic E-state index is 13.3. The van der Waals surface area contributed by atoms with Crippen LogP contribution in [-0.2, 0) is 11.3 Å². The number of carbonyl (C=O) groups excluding carboxylic acids is 1. The van der Waals surface area contributed by atoms with E-state index >= 15 is 0 Å². The minimum Gasteiger partial charge on any atom is -0.497 e. The Bertz CT molecular complexity index is 932. The van der Waals surface area contributed by atoms with Crippen LogP contribution >= 0.6 is 0 Å². The Kier molecular flexibility index (Phi) is 6.41. The maximum Gasteiger partial charge on any atom is 0.258 e. The molecule has 1 N–H and O–H groups in total. The SMILES string of the molecule is COc1ccc(OCC(=O)NCc2cccnc2Oc2cccc(F)c2)cc1. The van der Waals surface area contributed by atoms with Gasteiger partial charge in [-0.3, -0.25) is 4.79 Å². The molecule has 0 spiro atoms. The van der Waals surface area contributed by atoms with Gasteiger partial charge in [0.25, 0.3) is 5.91 Å². The van der Waals surface area contributed by atoms with E-state index in [1.54, 1.807) is 61.8 Å². The highest BCUT2D eigenvalue weighted by Crippen LogP contribution is 2.23. The lowest BCUT2D eigenvalue weighted by atomic mass is 10.2. The monoisotopic (exact) mass is 382 g/mol. The van der Waals surface area contributed by atoms with Gasteiger partial charge in [0.2, 0.25) is 5.88 Å². The first kappa shape index (κ1) is 19.2.